The lowest BCUT2D eigenvalue weighted by Gasteiger charge is -2.11. The zero-order valence-electron chi connectivity index (χ0n) is 14.6. The minimum Gasteiger partial charge on any atom is -0.497 e. The van der Waals surface area contributed by atoms with Crippen molar-refractivity contribution in [2.45, 2.75) is 20.4 Å². The lowest BCUT2D eigenvalue weighted by molar-refractivity contribution is 0.102. The highest BCUT2D eigenvalue weighted by atomic mass is 16.5. The van der Waals surface area contributed by atoms with E-state index in [1.807, 2.05) is 0 Å². The number of carbonyl (C=O) groups is 1. The first-order valence-electron chi connectivity index (χ1n) is 8.04. The van der Waals surface area contributed by atoms with Gasteiger partial charge in [0, 0.05) is 12.2 Å². The molecule has 0 bridgehead atoms. The van der Waals surface area contributed by atoms with Crippen LogP contribution in [0.1, 0.15) is 23.0 Å². The van der Waals surface area contributed by atoms with Crippen LogP contribution in [-0.4, -0.2) is 27.6 Å². The van der Waals surface area contributed by atoms with Crippen molar-refractivity contribution in [3.8, 4) is 5.75 Å². The molecule has 1 aromatic carbocycles. The first kappa shape index (κ1) is 17.4. The van der Waals surface area contributed by atoms with Crippen molar-refractivity contribution in [1.82, 2.24) is 14.5 Å². The number of hydrogen-bond donors (Lipinski definition) is 2. The Morgan fingerprint density at radius 2 is 1.96 bits per heavy atom. The van der Waals surface area contributed by atoms with Gasteiger partial charge in [-0.25, -0.2) is 9.78 Å². The highest BCUT2D eigenvalue weighted by molar-refractivity contribution is 6.06. The molecule has 0 aliphatic rings. The number of H-pyrrole nitrogens is 1. The largest absolute Gasteiger partial charge is 0.497 e. The Hall–Kier alpha value is -3.42. The van der Waals surface area contributed by atoms with Gasteiger partial charge in [0.05, 0.1) is 23.8 Å². The summed E-state index contributed by atoms with van der Waals surface area (Å²) in [6.07, 6.45) is 0. The van der Waals surface area contributed by atoms with Gasteiger partial charge in [0.1, 0.15) is 11.4 Å². The van der Waals surface area contributed by atoms with Crippen molar-refractivity contribution >= 4 is 22.6 Å². The molecule has 3 rings (SSSR count). The van der Waals surface area contributed by atoms with E-state index in [0.717, 1.165) is 0 Å². The van der Waals surface area contributed by atoms with Crippen LogP contribution < -0.4 is 21.3 Å². The van der Waals surface area contributed by atoms with Crippen molar-refractivity contribution in [2.75, 3.05) is 12.4 Å². The van der Waals surface area contributed by atoms with Crippen LogP contribution in [0, 0.1) is 6.92 Å². The van der Waals surface area contributed by atoms with Gasteiger partial charge >= 0.3 is 5.69 Å². The van der Waals surface area contributed by atoms with Gasteiger partial charge in [0.25, 0.3) is 11.5 Å². The third-order valence-electron chi connectivity index (χ3n) is 4.07. The number of anilines is 1. The molecule has 0 saturated carbocycles. The van der Waals surface area contributed by atoms with Gasteiger partial charge in [-0.2, -0.15) is 0 Å². The number of aryl methyl sites for hydroxylation is 2. The number of pyridine rings is 1. The van der Waals surface area contributed by atoms with Crippen molar-refractivity contribution in [2.24, 2.45) is 0 Å². The van der Waals surface area contributed by atoms with E-state index in [1.165, 1.54) is 10.6 Å². The lowest BCUT2D eigenvalue weighted by atomic mass is 10.1. The first-order chi connectivity index (χ1) is 12.4. The summed E-state index contributed by atoms with van der Waals surface area (Å²) in [6, 6.07) is 8.34. The first-order valence-corrected chi connectivity index (χ1v) is 8.04. The number of hydrogen-bond acceptors (Lipinski definition) is 5. The molecule has 0 fully saturated rings. The molecule has 0 aliphatic carbocycles. The van der Waals surface area contributed by atoms with E-state index in [2.05, 4.69) is 15.3 Å². The van der Waals surface area contributed by atoms with Crippen LogP contribution in [0.5, 0.6) is 5.75 Å². The Kier molecular flexibility index (Phi) is 4.57. The fraction of sp³-hybridized carbons (Fsp3) is 0.222. The Morgan fingerprint density at radius 1 is 1.27 bits per heavy atom. The number of methoxy groups -OCH3 is 1. The average molecular weight is 354 g/mol. The Morgan fingerprint density at radius 3 is 2.58 bits per heavy atom. The molecular formula is C18H18N4O4. The zero-order valence-corrected chi connectivity index (χ0v) is 14.6. The summed E-state index contributed by atoms with van der Waals surface area (Å²) < 4.78 is 6.44. The predicted octanol–water partition coefficient (Wildman–Crippen LogP) is 1.67. The van der Waals surface area contributed by atoms with Crippen molar-refractivity contribution in [1.29, 1.82) is 0 Å². The summed E-state index contributed by atoms with van der Waals surface area (Å²) in [6.45, 7) is 3.80. The number of amides is 1. The van der Waals surface area contributed by atoms with Crippen molar-refractivity contribution in [3.05, 3.63) is 62.4 Å². The van der Waals surface area contributed by atoms with Crippen LogP contribution in [0.15, 0.2) is 39.9 Å². The van der Waals surface area contributed by atoms with Gasteiger partial charge in [-0.15, -0.1) is 0 Å². The van der Waals surface area contributed by atoms with Gasteiger partial charge in [-0.05, 0) is 44.2 Å². The van der Waals surface area contributed by atoms with Crippen molar-refractivity contribution < 1.29 is 9.53 Å². The normalized spacial score (nSPS) is 10.7. The Labute approximate surface area is 148 Å². The van der Waals surface area contributed by atoms with Gasteiger partial charge in [-0.3, -0.25) is 19.1 Å². The summed E-state index contributed by atoms with van der Waals surface area (Å²) in [5.41, 5.74) is 0.450. The second-order valence-electron chi connectivity index (χ2n) is 5.68. The van der Waals surface area contributed by atoms with Crippen LogP contribution >= 0.6 is 0 Å². The summed E-state index contributed by atoms with van der Waals surface area (Å²) in [5, 5.41) is 2.95. The van der Waals surface area contributed by atoms with E-state index < -0.39 is 17.2 Å². The molecule has 0 atom stereocenters. The van der Waals surface area contributed by atoms with Crippen LogP contribution in [0.2, 0.25) is 0 Å². The smallest absolute Gasteiger partial charge is 0.329 e. The molecule has 2 N–H and O–H groups in total. The summed E-state index contributed by atoms with van der Waals surface area (Å²) in [4.78, 5) is 43.2. The van der Waals surface area contributed by atoms with Crippen LogP contribution in [-0.2, 0) is 6.54 Å². The van der Waals surface area contributed by atoms with Gasteiger partial charge in [0.2, 0.25) is 0 Å². The number of aromatic amines is 1. The fourth-order valence-electron chi connectivity index (χ4n) is 2.69. The molecule has 0 saturated heterocycles. The monoisotopic (exact) mass is 354 g/mol. The lowest BCUT2D eigenvalue weighted by Crippen LogP contribution is -2.31. The molecule has 0 radical (unpaired) electrons. The van der Waals surface area contributed by atoms with E-state index in [4.69, 9.17) is 4.74 Å². The predicted molar refractivity (Wildman–Crippen MR) is 98.0 cm³/mol. The zero-order chi connectivity index (χ0) is 18.8. The summed E-state index contributed by atoms with van der Waals surface area (Å²) >= 11 is 0. The molecule has 0 spiro atoms. The third-order valence-corrected chi connectivity index (χ3v) is 4.07. The fourth-order valence-corrected chi connectivity index (χ4v) is 2.69. The molecule has 8 nitrogen and oxygen atoms in total. The van der Waals surface area contributed by atoms with Crippen LogP contribution in [0.4, 0.5) is 5.69 Å². The molecule has 8 heteroatoms. The Bertz CT molecular complexity index is 1100. The second-order valence-corrected chi connectivity index (χ2v) is 5.68. The number of ether oxygens (including phenoxy) is 1. The maximum Gasteiger partial charge on any atom is 0.329 e. The maximum absolute atomic E-state index is 12.6. The van der Waals surface area contributed by atoms with Crippen molar-refractivity contribution in [3.63, 3.8) is 0 Å². The number of carbonyl (C=O) groups excluding carboxylic acids is 1. The molecular weight excluding hydrogens is 336 g/mol. The van der Waals surface area contributed by atoms with E-state index in [1.54, 1.807) is 45.2 Å². The third kappa shape index (κ3) is 3.08. The molecule has 134 valence electrons. The Balaban J connectivity index is 2.04. The van der Waals surface area contributed by atoms with Crippen LogP contribution in [0.3, 0.4) is 0 Å². The molecule has 2 heterocycles. The van der Waals surface area contributed by atoms with Gasteiger partial charge in [0.15, 0.2) is 0 Å². The van der Waals surface area contributed by atoms with E-state index in [9.17, 15) is 14.4 Å². The van der Waals surface area contributed by atoms with Crippen LogP contribution in [0.25, 0.3) is 11.0 Å². The van der Waals surface area contributed by atoms with E-state index >= 15 is 0 Å². The molecule has 1 amide bonds. The van der Waals surface area contributed by atoms with E-state index in [0.29, 0.717) is 23.7 Å². The number of benzene rings is 1. The number of aromatic nitrogens is 3. The minimum absolute atomic E-state index is 0.192. The van der Waals surface area contributed by atoms with E-state index in [-0.39, 0.29) is 16.6 Å². The molecule has 26 heavy (non-hydrogen) atoms. The van der Waals surface area contributed by atoms with Gasteiger partial charge < -0.3 is 10.1 Å². The highest BCUT2D eigenvalue weighted by Crippen LogP contribution is 2.18. The molecule has 2 aromatic heterocycles. The van der Waals surface area contributed by atoms with Gasteiger partial charge in [-0.1, -0.05) is 0 Å². The number of rotatable bonds is 4. The molecule has 3 aromatic rings. The summed E-state index contributed by atoms with van der Waals surface area (Å²) in [5.74, 6) is 0.284. The minimum atomic E-state index is -0.569. The topological polar surface area (TPSA) is 106 Å². The average Bonchev–Trinajstić information content (AvgIpc) is 2.62. The SMILES string of the molecule is CCn1c(=O)[nH]c(=O)c2cc(C(=O)Nc3ccc(OC)cc3)c(C)nc21. The second kappa shape index (κ2) is 6.83. The number of nitrogens with one attached hydrogen (secondary N) is 2. The molecule has 0 unspecified atom stereocenters. The number of nitrogens with zero attached hydrogens (tertiary/aromatic N) is 2. The standard InChI is InChI=1S/C18H18N4O4/c1-4-22-15-14(17(24)21-18(22)25)9-13(10(2)19-15)16(23)20-11-5-7-12(26-3)8-6-11/h5-9H,4H2,1-3H3,(H,20,23)(H,21,24,25). The summed E-state index contributed by atoms with van der Waals surface area (Å²) in [7, 11) is 1.56. The highest BCUT2D eigenvalue weighted by Gasteiger charge is 2.16. The maximum atomic E-state index is 12.6. The molecule has 0 aliphatic heterocycles. The number of fused-ring (bicyclic) bond motifs is 1. The quantitative estimate of drug-likeness (QED) is 0.741.